The van der Waals surface area contributed by atoms with Gasteiger partial charge in [0.2, 0.25) is 0 Å². The zero-order valence-corrected chi connectivity index (χ0v) is 12.9. The first-order chi connectivity index (χ1) is 12.0. The molecule has 0 aliphatic rings. The van der Waals surface area contributed by atoms with E-state index in [2.05, 4.69) is 0 Å². The second kappa shape index (κ2) is 6.36. The van der Waals surface area contributed by atoms with Crippen molar-refractivity contribution < 1.29 is 87.6 Å². The maximum Gasteiger partial charge on any atom is 0.460 e. The van der Waals surface area contributed by atoms with Crippen LogP contribution in [0.3, 0.4) is 0 Å². The Labute approximate surface area is 146 Å². The minimum Gasteiger partial charge on any atom is -0.743 e. The third-order valence-electron chi connectivity index (χ3n) is 3.08. The minimum atomic E-state index is -9.10. The van der Waals surface area contributed by atoms with Gasteiger partial charge < -0.3 is 4.55 Å². The Morgan fingerprint density at radius 3 is 0.931 bits per heavy atom. The first-order valence-electron chi connectivity index (χ1n) is 5.67. The van der Waals surface area contributed by atoms with Crippen molar-refractivity contribution in [3.8, 4) is 0 Å². The van der Waals surface area contributed by atoms with Crippen LogP contribution in [0.1, 0.15) is 0 Å². The Bertz CT molecular complexity index is 731. The zero-order chi connectivity index (χ0) is 24.5. The summed E-state index contributed by atoms with van der Waals surface area (Å²) in [6.07, 6.45) is -16.4. The molecule has 0 amide bonds. The van der Waals surface area contributed by atoms with Gasteiger partial charge in [0.1, 0.15) is 0 Å². The fraction of sp³-hybridized carbons (Fsp3) is 1.00. The second-order valence-electron chi connectivity index (χ2n) is 4.92. The Hall–Kier alpha value is -1.28. The van der Waals surface area contributed by atoms with Crippen LogP contribution in [0.5, 0.6) is 0 Å². The van der Waals surface area contributed by atoms with Crippen molar-refractivity contribution >= 4 is 10.1 Å². The molecule has 0 aromatic heterocycles. The van der Waals surface area contributed by atoms with Gasteiger partial charge in [-0.1, -0.05) is 0 Å². The minimum absolute atomic E-state index is 7.94. The Balaban J connectivity index is 7.30. The maximum absolute atomic E-state index is 13.5. The van der Waals surface area contributed by atoms with Gasteiger partial charge in [-0.3, -0.25) is 0 Å². The van der Waals surface area contributed by atoms with E-state index in [4.69, 9.17) is 0 Å². The van der Waals surface area contributed by atoms with Crippen molar-refractivity contribution in [2.45, 2.75) is 47.0 Å². The monoisotopic (exact) mass is 499 g/mol. The lowest BCUT2D eigenvalue weighted by atomic mass is 9.86. The highest BCUT2D eigenvalue weighted by Crippen LogP contribution is 2.65. The summed E-state index contributed by atoms with van der Waals surface area (Å²) in [7, 11) is -8.44. The van der Waals surface area contributed by atoms with Crippen LogP contribution in [0.25, 0.3) is 0 Å². The van der Waals surface area contributed by atoms with Gasteiger partial charge in [0, 0.05) is 0 Å². The van der Waals surface area contributed by atoms with Gasteiger partial charge in [-0.25, -0.2) is 12.8 Å². The smallest absolute Gasteiger partial charge is 0.460 e. The molecule has 29 heavy (non-hydrogen) atoms. The Morgan fingerprint density at radius 1 is 0.448 bits per heavy atom. The van der Waals surface area contributed by atoms with E-state index >= 15 is 0 Å². The zero-order valence-electron chi connectivity index (χ0n) is 12.1. The summed E-state index contributed by atoms with van der Waals surface area (Å²) in [5.74, 6) is -35.3. The van der Waals surface area contributed by atoms with E-state index in [1.54, 1.807) is 0 Å². The highest BCUT2D eigenvalue weighted by atomic mass is 32.2. The van der Waals surface area contributed by atoms with Gasteiger partial charge in [0.25, 0.3) is 0 Å². The van der Waals surface area contributed by atoms with Crippen molar-refractivity contribution in [3.63, 3.8) is 0 Å². The van der Waals surface area contributed by atoms with E-state index in [1.807, 2.05) is 0 Å². The van der Waals surface area contributed by atoms with Crippen LogP contribution in [0.4, 0.5) is 74.6 Å². The van der Waals surface area contributed by atoms with Gasteiger partial charge in [0.05, 0.1) is 0 Å². The van der Waals surface area contributed by atoms with Crippen molar-refractivity contribution in [2.75, 3.05) is 0 Å². The first-order valence-corrected chi connectivity index (χ1v) is 7.08. The molecule has 1 atom stereocenters. The standard InChI is InChI=1S/C8HF17O3S/c9-1(6(18,19)20,8(24,25)29(26,27)28)2(10,11)3(12,13)4(14,15)5(16,17)7(21,22)23/h(H,26,27,28)/p-1. The number of rotatable bonds is 6. The highest BCUT2D eigenvalue weighted by Gasteiger charge is 2.97. The largest absolute Gasteiger partial charge is 0.743 e. The van der Waals surface area contributed by atoms with Crippen LogP contribution < -0.4 is 0 Å². The first kappa shape index (κ1) is 27.7. The maximum atomic E-state index is 13.5. The predicted molar refractivity (Wildman–Crippen MR) is 50.4 cm³/mol. The molecule has 0 rings (SSSR count). The SMILES string of the molecule is O=S(=O)([O-])C(F)(F)C(F)(C(F)(F)F)C(F)(F)C(F)(F)C(F)(F)C(F)(F)C(F)(F)F. The molecule has 0 saturated carbocycles. The lowest BCUT2D eigenvalue weighted by Crippen LogP contribution is -2.78. The van der Waals surface area contributed by atoms with Crippen LogP contribution in [0, 0.1) is 0 Å². The average Bonchev–Trinajstić information content (AvgIpc) is 2.41. The van der Waals surface area contributed by atoms with Gasteiger partial charge in [-0.15, -0.1) is 0 Å². The van der Waals surface area contributed by atoms with Gasteiger partial charge in [0.15, 0.2) is 10.1 Å². The number of halogens is 17. The third-order valence-corrected chi connectivity index (χ3v) is 3.99. The van der Waals surface area contributed by atoms with E-state index in [0.29, 0.717) is 0 Å². The lowest BCUT2D eigenvalue weighted by molar-refractivity contribution is -0.456. The van der Waals surface area contributed by atoms with Crippen LogP contribution in [0.15, 0.2) is 0 Å². The van der Waals surface area contributed by atoms with E-state index in [1.165, 1.54) is 0 Å². The number of hydrogen-bond donors (Lipinski definition) is 0. The van der Waals surface area contributed by atoms with Gasteiger partial charge in [-0.2, -0.15) is 70.2 Å². The van der Waals surface area contributed by atoms with Crippen molar-refractivity contribution in [1.29, 1.82) is 0 Å². The van der Waals surface area contributed by atoms with Gasteiger partial charge in [-0.05, 0) is 0 Å². The van der Waals surface area contributed by atoms with Crippen LogP contribution in [0.2, 0.25) is 0 Å². The van der Waals surface area contributed by atoms with E-state index in [0.717, 1.165) is 0 Å². The molecular weight excluding hydrogens is 499 g/mol. The molecule has 0 spiro atoms. The Morgan fingerprint density at radius 2 is 0.724 bits per heavy atom. The summed E-state index contributed by atoms with van der Waals surface area (Å²) < 4.78 is 245. The molecule has 3 nitrogen and oxygen atoms in total. The molecule has 0 heterocycles. The van der Waals surface area contributed by atoms with E-state index in [-0.39, 0.29) is 0 Å². The second-order valence-corrected chi connectivity index (χ2v) is 6.34. The van der Waals surface area contributed by atoms with Crippen LogP contribution in [-0.4, -0.2) is 59.9 Å². The highest BCUT2D eigenvalue weighted by molar-refractivity contribution is 7.86. The van der Waals surface area contributed by atoms with Crippen LogP contribution >= 0.6 is 0 Å². The van der Waals surface area contributed by atoms with Crippen molar-refractivity contribution in [1.82, 2.24) is 0 Å². The van der Waals surface area contributed by atoms with Crippen molar-refractivity contribution in [3.05, 3.63) is 0 Å². The molecule has 0 aliphatic heterocycles. The molecule has 0 fully saturated rings. The summed E-state index contributed by atoms with van der Waals surface area (Å²) in [5.41, 5.74) is -8.90. The van der Waals surface area contributed by atoms with E-state index in [9.17, 15) is 87.6 Å². The van der Waals surface area contributed by atoms with Crippen LogP contribution in [-0.2, 0) is 10.1 Å². The molecule has 176 valence electrons. The quantitative estimate of drug-likeness (QED) is 0.400. The molecule has 0 aromatic rings. The normalized spacial score (nSPS) is 18.6. The molecule has 0 bridgehead atoms. The average molecular weight is 499 g/mol. The summed E-state index contributed by atoms with van der Waals surface area (Å²) in [6, 6.07) is 0. The summed E-state index contributed by atoms with van der Waals surface area (Å²) in [6.45, 7) is 0. The Kier molecular flexibility index (Phi) is 6.08. The third kappa shape index (κ3) is 3.26. The topological polar surface area (TPSA) is 57.2 Å². The lowest BCUT2D eigenvalue weighted by Gasteiger charge is -2.45. The summed E-state index contributed by atoms with van der Waals surface area (Å²) in [5, 5.41) is -8.32. The molecule has 0 radical (unpaired) electrons. The molecule has 21 heteroatoms. The number of hydrogen-bond acceptors (Lipinski definition) is 3. The predicted octanol–water partition coefficient (Wildman–Crippen LogP) is 4.50. The number of alkyl halides is 17. The fourth-order valence-electron chi connectivity index (χ4n) is 1.49. The summed E-state index contributed by atoms with van der Waals surface area (Å²) >= 11 is 0. The molecule has 0 saturated heterocycles. The van der Waals surface area contributed by atoms with Crippen molar-refractivity contribution in [2.24, 2.45) is 0 Å². The molecular formula is C8F17O3S-. The molecule has 0 aromatic carbocycles. The molecule has 0 aliphatic carbocycles. The van der Waals surface area contributed by atoms with E-state index < -0.39 is 57.1 Å². The fourth-order valence-corrected chi connectivity index (χ4v) is 2.08. The molecule has 1 unspecified atom stereocenters. The van der Waals surface area contributed by atoms with Gasteiger partial charge >= 0.3 is 47.0 Å². The molecule has 0 N–H and O–H groups in total. The summed E-state index contributed by atoms with van der Waals surface area (Å²) in [4.78, 5) is 0.